The maximum absolute atomic E-state index is 6.05. The maximum Gasteiger partial charge on any atom is 0.0511 e. The smallest absolute Gasteiger partial charge is 0.0511 e. The summed E-state index contributed by atoms with van der Waals surface area (Å²) in [5.74, 6) is 0. The fraction of sp³-hybridized carbons (Fsp3) is 0.429. The number of nitrogens with one attached hydrogen (secondary N) is 1. The summed E-state index contributed by atoms with van der Waals surface area (Å²) in [6.45, 7) is 9.41. The van der Waals surface area contributed by atoms with Crippen LogP contribution >= 0.6 is 11.6 Å². The highest BCUT2D eigenvalue weighted by Gasteiger charge is 2.10. The summed E-state index contributed by atoms with van der Waals surface area (Å²) >= 11 is 6.05. The van der Waals surface area contributed by atoms with E-state index in [1.54, 1.807) is 0 Å². The van der Waals surface area contributed by atoms with Gasteiger partial charge in [-0.1, -0.05) is 36.2 Å². The molecule has 1 unspecified atom stereocenters. The molecule has 1 aromatic carbocycles. The largest absolute Gasteiger partial charge is 0.307 e. The van der Waals surface area contributed by atoms with E-state index in [1.165, 1.54) is 16.7 Å². The normalized spacial score (nSPS) is 12.3. The predicted octanol–water partition coefficient (Wildman–Crippen LogP) is 4.27. The lowest BCUT2D eigenvalue weighted by Gasteiger charge is -2.18. The molecule has 0 saturated heterocycles. The molecule has 0 aromatic heterocycles. The van der Waals surface area contributed by atoms with Gasteiger partial charge >= 0.3 is 0 Å². The van der Waals surface area contributed by atoms with Crippen molar-refractivity contribution in [1.82, 2.24) is 5.32 Å². The minimum absolute atomic E-state index is 0.258. The molecule has 1 atom stereocenters. The van der Waals surface area contributed by atoms with Gasteiger partial charge in [-0.2, -0.15) is 0 Å². The Labute approximate surface area is 104 Å². The molecule has 1 rings (SSSR count). The van der Waals surface area contributed by atoms with Crippen molar-refractivity contribution in [3.05, 3.63) is 46.0 Å². The number of halogens is 1. The summed E-state index contributed by atoms with van der Waals surface area (Å²) in [5.41, 5.74) is 3.84. The van der Waals surface area contributed by atoms with Crippen molar-refractivity contribution in [2.45, 2.75) is 33.7 Å². The Morgan fingerprint density at radius 3 is 2.69 bits per heavy atom. The molecule has 0 fully saturated rings. The summed E-state index contributed by atoms with van der Waals surface area (Å²) in [6, 6.07) is 6.31. The Kier molecular flexibility index (Phi) is 5.04. The summed E-state index contributed by atoms with van der Waals surface area (Å²) < 4.78 is 0. The van der Waals surface area contributed by atoms with Crippen molar-refractivity contribution in [2.75, 3.05) is 6.54 Å². The molecule has 88 valence electrons. The van der Waals surface area contributed by atoms with Gasteiger partial charge in [-0.05, 0) is 50.6 Å². The quantitative estimate of drug-likeness (QED) is 0.772. The molecule has 0 saturated carbocycles. The van der Waals surface area contributed by atoms with Gasteiger partial charge in [0.2, 0.25) is 0 Å². The Bertz CT molecular complexity index is 378. The first-order valence-electron chi connectivity index (χ1n) is 5.69. The topological polar surface area (TPSA) is 12.0 Å². The zero-order valence-corrected chi connectivity index (χ0v) is 11.2. The molecule has 0 aliphatic heterocycles. The van der Waals surface area contributed by atoms with Crippen LogP contribution in [0, 0.1) is 6.92 Å². The first kappa shape index (κ1) is 13.3. The number of rotatable bonds is 4. The molecule has 1 nitrogen and oxygen atoms in total. The summed E-state index contributed by atoms with van der Waals surface area (Å²) in [7, 11) is 0. The minimum Gasteiger partial charge on any atom is -0.307 e. The molecule has 1 N–H and O–H groups in total. The number of benzene rings is 1. The second kappa shape index (κ2) is 6.07. The van der Waals surface area contributed by atoms with Crippen molar-refractivity contribution < 1.29 is 0 Å². The molecule has 0 amide bonds. The fourth-order valence-corrected chi connectivity index (χ4v) is 1.94. The Morgan fingerprint density at radius 2 is 2.12 bits per heavy atom. The molecule has 0 heterocycles. The lowest BCUT2D eigenvalue weighted by Crippen LogP contribution is -2.20. The van der Waals surface area contributed by atoms with Gasteiger partial charge in [-0.15, -0.1) is 0 Å². The molecule has 16 heavy (non-hydrogen) atoms. The monoisotopic (exact) mass is 237 g/mol. The van der Waals surface area contributed by atoms with E-state index in [0.29, 0.717) is 0 Å². The van der Waals surface area contributed by atoms with Crippen LogP contribution in [0.1, 0.15) is 37.9 Å². The first-order valence-corrected chi connectivity index (χ1v) is 6.06. The predicted molar refractivity (Wildman–Crippen MR) is 72.0 cm³/mol. The van der Waals surface area contributed by atoms with Crippen LogP contribution in [0.25, 0.3) is 0 Å². The number of hydrogen-bond donors (Lipinski definition) is 1. The Balaban J connectivity index is 3.09. The third kappa shape index (κ3) is 3.66. The van der Waals surface area contributed by atoms with Crippen molar-refractivity contribution in [3.63, 3.8) is 0 Å². The summed E-state index contributed by atoms with van der Waals surface area (Å²) in [5, 5.41) is 4.26. The molecule has 0 aliphatic rings. The molecular weight excluding hydrogens is 218 g/mol. The lowest BCUT2D eigenvalue weighted by molar-refractivity contribution is 0.642. The fourth-order valence-electron chi connectivity index (χ4n) is 1.76. The second-order valence-corrected chi connectivity index (χ2v) is 4.72. The third-order valence-electron chi connectivity index (χ3n) is 2.50. The summed E-state index contributed by atoms with van der Waals surface area (Å²) in [4.78, 5) is 0. The van der Waals surface area contributed by atoms with Crippen molar-refractivity contribution >= 4 is 11.6 Å². The zero-order valence-electron chi connectivity index (χ0n) is 10.5. The van der Waals surface area contributed by atoms with Gasteiger partial charge in [-0.25, -0.2) is 0 Å². The second-order valence-electron chi connectivity index (χ2n) is 4.28. The first-order chi connectivity index (χ1) is 7.54. The van der Waals surface area contributed by atoms with E-state index in [9.17, 15) is 0 Å². The highest BCUT2D eigenvalue weighted by Crippen LogP contribution is 2.23. The number of allylic oxidation sites excluding steroid dienone is 1. The number of hydrogen-bond acceptors (Lipinski definition) is 1. The number of aryl methyl sites for hydroxylation is 1. The van der Waals surface area contributed by atoms with Gasteiger partial charge < -0.3 is 5.32 Å². The van der Waals surface area contributed by atoms with Gasteiger partial charge in [0.1, 0.15) is 0 Å². The molecule has 0 aliphatic carbocycles. The van der Waals surface area contributed by atoms with Gasteiger partial charge in [-0.3, -0.25) is 0 Å². The summed E-state index contributed by atoms with van der Waals surface area (Å²) in [6.07, 6.45) is 2.24. The van der Waals surface area contributed by atoms with Crippen LogP contribution < -0.4 is 5.32 Å². The van der Waals surface area contributed by atoms with Crippen molar-refractivity contribution in [2.24, 2.45) is 0 Å². The molecule has 2 heteroatoms. The van der Waals surface area contributed by atoms with E-state index in [2.05, 4.69) is 45.2 Å². The van der Waals surface area contributed by atoms with Gasteiger partial charge in [0, 0.05) is 5.02 Å². The van der Waals surface area contributed by atoms with Gasteiger partial charge in [0.15, 0.2) is 0 Å². The van der Waals surface area contributed by atoms with E-state index >= 15 is 0 Å². The van der Waals surface area contributed by atoms with Crippen LogP contribution in [0.4, 0.5) is 0 Å². The van der Waals surface area contributed by atoms with Crippen LogP contribution in [0.2, 0.25) is 5.02 Å². The van der Waals surface area contributed by atoms with Crippen molar-refractivity contribution in [1.29, 1.82) is 0 Å². The van der Waals surface area contributed by atoms with Gasteiger partial charge in [0.25, 0.3) is 0 Å². The average molecular weight is 238 g/mol. The zero-order chi connectivity index (χ0) is 12.1. The third-order valence-corrected chi connectivity index (χ3v) is 2.74. The van der Waals surface area contributed by atoms with Crippen LogP contribution in [0.15, 0.2) is 29.8 Å². The Morgan fingerprint density at radius 1 is 1.44 bits per heavy atom. The van der Waals surface area contributed by atoms with Crippen LogP contribution in [0.3, 0.4) is 0 Å². The van der Waals surface area contributed by atoms with Crippen LogP contribution in [-0.4, -0.2) is 6.54 Å². The van der Waals surface area contributed by atoms with Gasteiger partial charge in [0.05, 0.1) is 6.04 Å². The SMILES string of the molecule is CCNC(C=C(C)C)c1cc(Cl)ccc1C. The molecule has 0 radical (unpaired) electrons. The highest BCUT2D eigenvalue weighted by atomic mass is 35.5. The molecule has 0 spiro atoms. The highest BCUT2D eigenvalue weighted by molar-refractivity contribution is 6.30. The van der Waals surface area contributed by atoms with E-state index in [0.717, 1.165) is 11.6 Å². The van der Waals surface area contributed by atoms with Crippen LogP contribution in [-0.2, 0) is 0 Å². The lowest BCUT2D eigenvalue weighted by atomic mass is 9.99. The Hall–Kier alpha value is -0.790. The maximum atomic E-state index is 6.05. The molecule has 1 aromatic rings. The average Bonchev–Trinajstić information content (AvgIpc) is 2.20. The van der Waals surface area contributed by atoms with E-state index in [1.807, 2.05) is 12.1 Å². The minimum atomic E-state index is 0.258. The number of likely N-dealkylation sites (N-methyl/N-ethyl adjacent to an activating group) is 1. The molecule has 0 bridgehead atoms. The molecular formula is C14H20ClN. The van der Waals surface area contributed by atoms with Crippen LogP contribution in [0.5, 0.6) is 0 Å². The van der Waals surface area contributed by atoms with E-state index in [4.69, 9.17) is 11.6 Å². The van der Waals surface area contributed by atoms with E-state index < -0.39 is 0 Å². The van der Waals surface area contributed by atoms with Crippen molar-refractivity contribution in [3.8, 4) is 0 Å². The standard InChI is InChI=1S/C14H20ClN/c1-5-16-14(8-10(2)3)13-9-12(15)7-6-11(13)4/h6-9,14,16H,5H2,1-4H3. The van der Waals surface area contributed by atoms with E-state index in [-0.39, 0.29) is 6.04 Å².